The molecule has 0 aromatic heterocycles. The minimum absolute atomic E-state index is 0.0163. The highest BCUT2D eigenvalue weighted by Gasteiger charge is 2.08. The lowest BCUT2D eigenvalue weighted by molar-refractivity contribution is 0.126. The summed E-state index contributed by atoms with van der Waals surface area (Å²) in [6.45, 7) is 5.48. The molecule has 1 aromatic rings. The highest BCUT2D eigenvalue weighted by molar-refractivity contribution is 5.43. The van der Waals surface area contributed by atoms with Crippen molar-refractivity contribution in [3.63, 3.8) is 0 Å². The lowest BCUT2D eigenvalue weighted by atomic mass is 10.1. The number of rotatable bonds is 6. The molecule has 0 aliphatic heterocycles. The number of benzene rings is 1. The first-order chi connectivity index (χ1) is 7.71. The van der Waals surface area contributed by atoms with Crippen molar-refractivity contribution in [2.75, 3.05) is 13.7 Å². The second kappa shape index (κ2) is 6.18. The molecule has 0 radical (unpaired) electrons. The fraction of sp³-hybridized carbons (Fsp3) is 0.385. The lowest BCUT2D eigenvalue weighted by Crippen LogP contribution is -2.16. The number of aliphatic hydroxyl groups is 1. The Hall–Kier alpha value is -1.48. The summed E-state index contributed by atoms with van der Waals surface area (Å²) < 4.78 is 10.8. The van der Waals surface area contributed by atoms with Crippen LogP contribution in [0, 0.1) is 0 Å². The van der Waals surface area contributed by atoms with E-state index in [-0.39, 0.29) is 12.7 Å². The van der Waals surface area contributed by atoms with Gasteiger partial charge >= 0.3 is 0 Å². The van der Waals surface area contributed by atoms with E-state index in [0.29, 0.717) is 11.5 Å². The Balaban J connectivity index is 2.88. The summed E-state index contributed by atoms with van der Waals surface area (Å²) in [5.74, 6) is 1.33. The van der Waals surface area contributed by atoms with E-state index in [9.17, 15) is 0 Å². The Morgan fingerprint density at radius 2 is 2.19 bits per heavy atom. The number of allylic oxidation sites excluding steroid dienone is 1. The molecule has 3 nitrogen and oxygen atoms in total. The van der Waals surface area contributed by atoms with Crippen molar-refractivity contribution in [1.29, 1.82) is 0 Å². The standard InChI is InChI=1S/C13H18O3/c1-4-5-11-6-7-12(13(8-11)15-3)16-10(2)9-14/h4,6-8,10,14H,1,5,9H2,2-3H3. The quantitative estimate of drug-likeness (QED) is 0.750. The van der Waals surface area contributed by atoms with Gasteiger partial charge in [0.1, 0.15) is 6.10 Å². The van der Waals surface area contributed by atoms with Crippen molar-refractivity contribution >= 4 is 0 Å². The summed E-state index contributed by atoms with van der Waals surface area (Å²) in [5.41, 5.74) is 1.12. The predicted molar refractivity (Wildman–Crippen MR) is 64.1 cm³/mol. The van der Waals surface area contributed by atoms with Gasteiger partial charge in [-0.3, -0.25) is 0 Å². The first kappa shape index (κ1) is 12.6. The summed E-state index contributed by atoms with van der Waals surface area (Å²) in [6.07, 6.45) is 2.40. The molecule has 0 saturated carbocycles. The highest BCUT2D eigenvalue weighted by Crippen LogP contribution is 2.29. The van der Waals surface area contributed by atoms with Crippen LogP contribution in [0.3, 0.4) is 0 Å². The van der Waals surface area contributed by atoms with Crippen LogP contribution < -0.4 is 9.47 Å². The fourth-order valence-electron chi connectivity index (χ4n) is 1.36. The van der Waals surface area contributed by atoms with Crippen LogP contribution in [0.15, 0.2) is 30.9 Å². The van der Waals surface area contributed by atoms with Gasteiger partial charge < -0.3 is 14.6 Å². The summed E-state index contributed by atoms with van der Waals surface area (Å²) in [5, 5.41) is 8.92. The maximum Gasteiger partial charge on any atom is 0.161 e. The van der Waals surface area contributed by atoms with Gasteiger partial charge in [-0.25, -0.2) is 0 Å². The molecule has 0 fully saturated rings. The number of methoxy groups -OCH3 is 1. The molecule has 0 heterocycles. The Morgan fingerprint density at radius 1 is 1.44 bits per heavy atom. The molecular formula is C13H18O3. The lowest BCUT2D eigenvalue weighted by Gasteiger charge is -2.15. The van der Waals surface area contributed by atoms with Gasteiger partial charge in [0.25, 0.3) is 0 Å². The van der Waals surface area contributed by atoms with Gasteiger partial charge in [-0.05, 0) is 31.0 Å². The SMILES string of the molecule is C=CCc1ccc(OC(C)CO)c(OC)c1. The van der Waals surface area contributed by atoms with Crippen molar-refractivity contribution in [1.82, 2.24) is 0 Å². The predicted octanol–water partition coefficient (Wildman–Crippen LogP) is 2.18. The van der Waals surface area contributed by atoms with Crippen molar-refractivity contribution in [2.24, 2.45) is 0 Å². The molecule has 88 valence electrons. The van der Waals surface area contributed by atoms with Crippen LogP contribution in [-0.2, 0) is 6.42 Å². The van der Waals surface area contributed by atoms with E-state index < -0.39 is 0 Å². The van der Waals surface area contributed by atoms with Crippen molar-refractivity contribution < 1.29 is 14.6 Å². The third kappa shape index (κ3) is 3.28. The molecule has 1 unspecified atom stereocenters. The van der Waals surface area contributed by atoms with Crippen LogP contribution in [0.1, 0.15) is 12.5 Å². The average Bonchev–Trinajstić information content (AvgIpc) is 2.31. The van der Waals surface area contributed by atoms with Gasteiger partial charge in [-0.1, -0.05) is 12.1 Å². The zero-order valence-corrected chi connectivity index (χ0v) is 9.77. The number of aliphatic hydroxyl groups excluding tert-OH is 1. The van der Waals surface area contributed by atoms with Gasteiger partial charge in [-0.15, -0.1) is 6.58 Å². The minimum Gasteiger partial charge on any atom is -0.493 e. The molecule has 0 spiro atoms. The maximum absolute atomic E-state index is 8.92. The first-order valence-electron chi connectivity index (χ1n) is 5.26. The van der Waals surface area contributed by atoms with Gasteiger partial charge in [0.05, 0.1) is 13.7 Å². The normalized spacial score (nSPS) is 11.9. The maximum atomic E-state index is 8.92. The molecule has 1 atom stereocenters. The molecule has 0 saturated heterocycles. The molecule has 0 aliphatic rings. The van der Waals surface area contributed by atoms with Crippen LogP contribution in [0.5, 0.6) is 11.5 Å². The van der Waals surface area contributed by atoms with Gasteiger partial charge in [0.2, 0.25) is 0 Å². The van der Waals surface area contributed by atoms with Crippen LogP contribution in [0.4, 0.5) is 0 Å². The molecule has 16 heavy (non-hydrogen) atoms. The smallest absolute Gasteiger partial charge is 0.161 e. The van der Waals surface area contributed by atoms with E-state index in [2.05, 4.69) is 6.58 Å². The Labute approximate surface area is 96.3 Å². The fourth-order valence-corrected chi connectivity index (χ4v) is 1.36. The zero-order valence-electron chi connectivity index (χ0n) is 9.77. The van der Waals surface area contributed by atoms with E-state index in [4.69, 9.17) is 14.6 Å². The Kier molecular flexibility index (Phi) is 4.86. The number of ether oxygens (including phenoxy) is 2. The monoisotopic (exact) mass is 222 g/mol. The summed E-state index contributed by atoms with van der Waals surface area (Å²) >= 11 is 0. The molecule has 0 bridgehead atoms. The largest absolute Gasteiger partial charge is 0.493 e. The zero-order chi connectivity index (χ0) is 12.0. The summed E-state index contributed by atoms with van der Waals surface area (Å²) in [6, 6.07) is 5.73. The number of hydrogen-bond donors (Lipinski definition) is 1. The van der Waals surface area contributed by atoms with Crippen molar-refractivity contribution in [2.45, 2.75) is 19.4 Å². The third-order valence-electron chi connectivity index (χ3n) is 2.19. The van der Waals surface area contributed by atoms with E-state index in [1.165, 1.54) is 0 Å². The molecular weight excluding hydrogens is 204 g/mol. The van der Waals surface area contributed by atoms with Crippen LogP contribution in [0.25, 0.3) is 0 Å². The second-order valence-corrected chi connectivity index (χ2v) is 3.59. The Bertz CT molecular complexity index is 347. The second-order valence-electron chi connectivity index (χ2n) is 3.59. The van der Waals surface area contributed by atoms with Crippen LogP contribution >= 0.6 is 0 Å². The van der Waals surface area contributed by atoms with E-state index in [0.717, 1.165) is 12.0 Å². The van der Waals surface area contributed by atoms with Crippen molar-refractivity contribution in [3.8, 4) is 11.5 Å². The van der Waals surface area contributed by atoms with Crippen LogP contribution in [0.2, 0.25) is 0 Å². The number of hydrogen-bond acceptors (Lipinski definition) is 3. The average molecular weight is 222 g/mol. The van der Waals surface area contributed by atoms with E-state index in [1.54, 1.807) is 14.0 Å². The Morgan fingerprint density at radius 3 is 2.75 bits per heavy atom. The van der Waals surface area contributed by atoms with Gasteiger partial charge in [0.15, 0.2) is 11.5 Å². The molecule has 0 aliphatic carbocycles. The first-order valence-corrected chi connectivity index (χ1v) is 5.26. The molecule has 3 heteroatoms. The van der Waals surface area contributed by atoms with Gasteiger partial charge in [0, 0.05) is 0 Å². The van der Waals surface area contributed by atoms with Crippen molar-refractivity contribution in [3.05, 3.63) is 36.4 Å². The minimum atomic E-state index is -0.237. The highest BCUT2D eigenvalue weighted by atomic mass is 16.5. The summed E-state index contributed by atoms with van der Waals surface area (Å²) in [7, 11) is 1.60. The van der Waals surface area contributed by atoms with Gasteiger partial charge in [-0.2, -0.15) is 0 Å². The van der Waals surface area contributed by atoms with Crippen LogP contribution in [-0.4, -0.2) is 24.9 Å². The third-order valence-corrected chi connectivity index (χ3v) is 2.19. The summed E-state index contributed by atoms with van der Waals surface area (Å²) in [4.78, 5) is 0. The molecule has 0 amide bonds. The molecule has 1 N–H and O–H groups in total. The van der Waals surface area contributed by atoms with E-state index in [1.807, 2.05) is 24.3 Å². The molecule has 1 rings (SSSR count). The van der Waals surface area contributed by atoms with E-state index >= 15 is 0 Å². The topological polar surface area (TPSA) is 38.7 Å². The molecule has 1 aromatic carbocycles.